The molecule has 0 saturated carbocycles. The van der Waals surface area contributed by atoms with Crippen molar-refractivity contribution in [2.24, 2.45) is 5.73 Å². The van der Waals surface area contributed by atoms with Crippen molar-refractivity contribution in [2.75, 3.05) is 6.54 Å². The summed E-state index contributed by atoms with van der Waals surface area (Å²) in [5.74, 6) is 0.870. The molecule has 1 aromatic heterocycles. The highest BCUT2D eigenvalue weighted by molar-refractivity contribution is 5.79. The van der Waals surface area contributed by atoms with Gasteiger partial charge < -0.3 is 10.2 Å². The normalized spacial score (nSPS) is 12.3. The van der Waals surface area contributed by atoms with E-state index in [4.69, 9.17) is 10.2 Å². The van der Waals surface area contributed by atoms with Crippen LogP contribution in [-0.2, 0) is 0 Å². The minimum absolute atomic E-state index is 0.567. The molecule has 0 radical (unpaired) electrons. The van der Waals surface area contributed by atoms with Crippen molar-refractivity contribution in [3.63, 3.8) is 0 Å². The summed E-state index contributed by atoms with van der Waals surface area (Å²) < 4.78 is 5.61. The maximum absolute atomic E-state index is 5.61. The van der Waals surface area contributed by atoms with Crippen molar-refractivity contribution in [2.45, 2.75) is 6.92 Å². The second-order valence-corrected chi connectivity index (χ2v) is 3.38. The second kappa shape index (κ2) is 3.68. The van der Waals surface area contributed by atoms with Crippen LogP contribution in [-0.4, -0.2) is 6.54 Å². The summed E-state index contributed by atoms with van der Waals surface area (Å²) in [6.07, 6.45) is 1.97. The first kappa shape index (κ1) is 9.03. The van der Waals surface area contributed by atoms with Gasteiger partial charge in [0, 0.05) is 11.9 Å². The maximum Gasteiger partial charge on any atom is 0.134 e. The second-order valence-electron chi connectivity index (χ2n) is 3.38. The highest BCUT2D eigenvalue weighted by atomic mass is 16.3. The van der Waals surface area contributed by atoms with Crippen LogP contribution >= 0.6 is 0 Å². The lowest BCUT2D eigenvalue weighted by Gasteiger charge is -1.91. The third-order valence-electron chi connectivity index (χ3n) is 2.16. The van der Waals surface area contributed by atoms with Gasteiger partial charge in [-0.3, -0.25) is 0 Å². The lowest BCUT2D eigenvalue weighted by molar-refractivity contribution is 0.603. The van der Waals surface area contributed by atoms with E-state index < -0.39 is 0 Å². The van der Waals surface area contributed by atoms with Gasteiger partial charge in [-0.05, 0) is 25.1 Å². The lowest BCUT2D eigenvalue weighted by atomic mass is 10.2. The molecule has 0 atom stereocenters. The van der Waals surface area contributed by atoms with Gasteiger partial charge in [-0.15, -0.1) is 0 Å². The fourth-order valence-electron chi connectivity index (χ4n) is 1.38. The highest BCUT2D eigenvalue weighted by Gasteiger charge is 1.99. The summed E-state index contributed by atoms with van der Waals surface area (Å²) >= 11 is 0. The van der Waals surface area contributed by atoms with Crippen LogP contribution in [0.5, 0.6) is 0 Å². The summed E-state index contributed by atoms with van der Waals surface area (Å²) in [4.78, 5) is 0. The van der Waals surface area contributed by atoms with Crippen LogP contribution in [0, 0.1) is 0 Å². The SMILES string of the molecule is C/C(=C\c1cc2ccccc2o1)CN. The summed E-state index contributed by atoms with van der Waals surface area (Å²) in [6.45, 7) is 2.56. The Bertz CT molecular complexity index is 435. The van der Waals surface area contributed by atoms with Gasteiger partial charge in [0.15, 0.2) is 0 Å². The molecule has 0 aliphatic heterocycles. The fraction of sp³-hybridized carbons (Fsp3) is 0.167. The summed E-state index contributed by atoms with van der Waals surface area (Å²) in [5, 5.41) is 1.13. The molecule has 1 aromatic carbocycles. The van der Waals surface area contributed by atoms with Gasteiger partial charge in [0.2, 0.25) is 0 Å². The van der Waals surface area contributed by atoms with E-state index in [-0.39, 0.29) is 0 Å². The van der Waals surface area contributed by atoms with E-state index in [0.29, 0.717) is 6.54 Å². The van der Waals surface area contributed by atoms with Crippen molar-refractivity contribution in [3.05, 3.63) is 41.7 Å². The standard InChI is InChI=1S/C12H13NO/c1-9(8-13)6-11-7-10-4-2-3-5-12(10)14-11/h2-7H,8,13H2,1H3/b9-6+. The van der Waals surface area contributed by atoms with Crippen LogP contribution in [0.1, 0.15) is 12.7 Å². The number of nitrogens with two attached hydrogens (primary N) is 1. The molecule has 0 aliphatic carbocycles. The van der Waals surface area contributed by atoms with Crippen molar-refractivity contribution in [3.8, 4) is 0 Å². The number of benzene rings is 1. The van der Waals surface area contributed by atoms with Gasteiger partial charge in [-0.2, -0.15) is 0 Å². The number of fused-ring (bicyclic) bond motifs is 1. The number of hydrogen-bond donors (Lipinski definition) is 1. The van der Waals surface area contributed by atoms with Gasteiger partial charge in [0.25, 0.3) is 0 Å². The van der Waals surface area contributed by atoms with E-state index in [1.54, 1.807) is 0 Å². The molecule has 72 valence electrons. The molecule has 0 amide bonds. The molecule has 0 unspecified atom stereocenters. The fourth-order valence-corrected chi connectivity index (χ4v) is 1.38. The van der Waals surface area contributed by atoms with Crippen molar-refractivity contribution >= 4 is 17.0 Å². The Balaban J connectivity index is 2.45. The highest BCUT2D eigenvalue weighted by Crippen LogP contribution is 2.20. The zero-order chi connectivity index (χ0) is 9.97. The van der Waals surface area contributed by atoms with Crippen LogP contribution in [0.15, 0.2) is 40.3 Å². The molecule has 2 heteroatoms. The zero-order valence-electron chi connectivity index (χ0n) is 8.16. The summed E-state index contributed by atoms with van der Waals surface area (Å²) in [6, 6.07) is 9.99. The van der Waals surface area contributed by atoms with E-state index in [1.165, 1.54) is 0 Å². The van der Waals surface area contributed by atoms with Gasteiger partial charge >= 0.3 is 0 Å². The Morgan fingerprint density at radius 2 is 2.21 bits per heavy atom. The first-order valence-corrected chi connectivity index (χ1v) is 4.65. The summed E-state index contributed by atoms with van der Waals surface area (Å²) in [5.41, 5.74) is 7.54. The molecule has 0 aliphatic rings. The smallest absolute Gasteiger partial charge is 0.134 e. The number of furan rings is 1. The quantitative estimate of drug-likeness (QED) is 0.785. The van der Waals surface area contributed by atoms with Gasteiger partial charge in [0.1, 0.15) is 11.3 Å². The van der Waals surface area contributed by atoms with E-state index in [2.05, 4.69) is 0 Å². The van der Waals surface area contributed by atoms with E-state index in [0.717, 1.165) is 22.3 Å². The molecule has 0 fully saturated rings. The molecule has 14 heavy (non-hydrogen) atoms. The monoisotopic (exact) mass is 187 g/mol. The first-order chi connectivity index (χ1) is 6.79. The maximum atomic E-state index is 5.61. The summed E-state index contributed by atoms with van der Waals surface area (Å²) in [7, 11) is 0. The van der Waals surface area contributed by atoms with Crippen LogP contribution in [0.3, 0.4) is 0 Å². The van der Waals surface area contributed by atoms with Gasteiger partial charge in [-0.1, -0.05) is 23.8 Å². The van der Waals surface area contributed by atoms with Crippen molar-refractivity contribution in [1.82, 2.24) is 0 Å². The average molecular weight is 187 g/mol. The van der Waals surface area contributed by atoms with Crippen molar-refractivity contribution < 1.29 is 4.42 Å². The van der Waals surface area contributed by atoms with Gasteiger partial charge in [-0.25, -0.2) is 0 Å². The predicted octanol–water partition coefficient (Wildman–Crippen LogP) is 2.79. The molecule has 2 aromatic rings. The minimum Gasteiger partial charge on any atom is -0.457 e. The van der Waals surface area contributed by atoms with Crippen LogP contribution in [0.2, 0.25) is 0 Å². The molecule has 1 heterocycles. The van der Waals surface area contributed by atoms with E-state index in [1.807, 2.05) is 43.3 Å². The van der Waals surface area contributed by atoms with Gasteiger partial charge in [0.05, 0.1) is 0 Å². The predicted molar refractivity (Wildman–Crippen MR) is 58.9 cm³/mol. The van der Waals surface area contributed by atoms with Crippen molar-refractivity contribution in [1.29, 1.82) is 0 Å². The average Bonchev–Trinajstić information content (AvgIpc) is 2.59. The number of rotatable bonds is 2. The first-order valence-electron chi connectivity index (χ1n) is 4.65. The molecular weight excluding hydrogens is 174 g/mol. The number of hydrogen-bond acceptors (Lipinski definition) is 2. The largest absolute Gasteiger partial charge is 0.457 e. The van der Waals surface area contributed by atoms with E-state index >= 15 is 0 Å². The molecular formula is C12H13NO. The van der Waals surface area contributed by atoms with Crippen LogP contribution < -0.4 is 5.73 Å². The molecule has 0 spiro atoms. The number of para-hydroxylation sites is 1. The Kier molecular flexibility index (Phi) is 2.37. The van der Waals surface area contributed by atoms with E-state index in [9.17, 15) is 0 Å². The Labute approximate surface area is 83.0 Å². The Morgan fingerprint density at radius 1 is 1.43 bits per heavy atom. The van der Waals surface area contributed by atoms with Crippen LogP contribution in [0.4, 0.5) is 0 Å². The lowest BCUT2D eigenvalue weighted by Crippen LogP contribution is -1.98. The molecule has 0 saturated heterocycles. The third-order valence-corrected chi connectivity index (χ3v) is 2.16. The Hall–Kier alpha value is -1.54. The molecule has 0 bridgehead atoms. The molecule has 2 N–H and O–H groups in total. The molecule has 2 nitrogen and oxygen atoms in total. The molecule has 2 rings (SSSR count). The van der Waals surface area contributed by atoms with Crippen LogP contribution in [0.25, 0.3) is 17.0 Å². The third kappa shape index (κ3) is 1.70. The minimum atomic E-state index is 0.567. The Morgan fingerprint density at radius 3 is 2.93 bits per heavy atom. The zero-order valence-corrected chi connectivity index (χ0v) is 8.16. The topological polar surface area (TPSA) is 39.2 Å².